The lowest BCUT2D eigenvalue weighted by molar-refractivity contribution is 0.100. The Bertz CT molecular complexity index is 401. The Balaban J connectivity index is 0.00000128. The molecule has 1 aliphatic heterocycles. The van der Waals surface area contributed by atoms with Crippen LogP contribution in [0.2, 0.25) is 0 Å². The average molecular weight is 311 g/mol. The molecule has 0 aliphatic carbocycles. The zero-order valence-corrected chi connectivity index (χ0v) is 10.8. The highest BCUT2D eigenvalue weighted by molar-refractivity contribution is 9.10. The van der Waals surface area contributed by atoms with Crippen LogP contribution in [0.15, 0.2) is 4.60 Å². The number of rotatable bonds is 2. The molecule has 1 aliphatic rings. The first-order valence-corrected chi connectivity index (χ1v) is 5.44. The van der Waals surface area contributed by atoms with Gasteiger partial charge in [-0.3, -0.25) is 4.79 Å². The Hall–Kier alpha value is -0.790. The summed E-state index contributed by atoms with van der Waals surface area (Å²) in [7, 11) is 0. The number of anilines is 1. The van der Waals surface area contributed by atoms with Crippen molar-refractivity contribution in [1.82, 2.24) is 15.1 Å². The minimum Gasteiger partial charge on any atom is -0.383 e. The molecule has 1 saturated heterocycles. The molecule has 1 aromatic heterocycles. The molecule has 8 heteroatoms. The Kier molecular flexibility index (Phi) is 4.17. The molecule has 1 fully saturated rings. The highest BCUT2D eigenvalue weighted by Crippen LogP contribution is 2.26. The number of carbonyl (C=O) groups excluding carboxylic acids is 1. The molecule has 1 aromatic rings. The third-order valence-electron chi connectivity index (χ3n) is 2.53. The van der Waals surface area contributed by atoms with Crippen LogP contribution in [0, 0.1) is 0 Å². The fraction of sp³-hybridized carbons (Fsp3) is 0.500. The van der Waals surface area contributed by atoms with Crippen molar-refractivity contribution in [2.75, 3.05) is 18.8 Å². The van der Waals surface area contributed by atoms with Gasteiger partial charge in [0, 0.05) is 6.54 Å². The molecular formula is C8H13BrClN5O. The van der Waals surface area contributed by atoms with E-state index in [9.17, 15) is 4.79 Å². The summed E-state index contributed by atoms with van der Waals surface area (Å²) in [6.07, 6.45) is 0.955. The summed E-state index contributed by atoms with van der Waals surface area (Å²) in [5.41, 5.74) is 11.3. The second kappa shape index (κ2) is 5.03. The molecule has 2 heterocycles. The van der Waals surface area contributed by atoms with Gasteiger partial charge in [-0.1, -0.05) is 0 Å². The predicted octanol–water partition coefficient (Wildman–Crippen LogP) is 0.283. The van der Waals surface area contributed by atoms with E-state index in [2.05, 4.69) is 26.3 Å². The molecule has 0 bridgehead atoms. The van der Waals surface area contributed by atoms with Gasteiger partial charge in [0.05, 0.1) is 6.04 Å². The molecule has 6 nitrogen and oxygen atoms in total. The number of halogens is 2. The summed E-state index contributed by atoms with van der Waals surface area (Å²) in [5, 5.41) is 7.39. The quantitative estimate of drug-likeness (QED) is 0.731. The van der Waals surface area contributed by atoms with E-state index < -0.39 is 5.91 Å². The number of primary amides is 1. The predicted molar refractivity (Wildman–Crippen MR) is 66.6 cm³/mol. The van der Waals surface area contributed by atoms with Crippen molar-refractivity contribution >= 4 is 40.1 Å². The van der Waals surface area contributed by atoms with E-state index in [1.165, 1.54) is 0 Å². The molecule has 0 radical (unpaired) electrons. The maximum absolute atomic E-state index is 11.1. The van der Waals surface area contributed by atoms with E-state index in [-0.39, 0.29) is 24.0 Å². The lowest BCUT2D eigenvalue weighted by Crippen LogP contribution is -2.18. The summed E-state index contributed by atoms with van der Waals surface area (Å²) in [4.78, 5) is 11.1. The van der Waals surface area contributed by atoms with Crippen molar-refractivity contribution in [2.24, 2.45) is 5.73 Å². The van der Waals surface area contributed by atoms with Crippen LogP contribution < -0.4 is 16.8 Å². The number of nitrogen functional groups attached to an aromatic ring is 1. The first-order valence-electron chi connectivity index (χ1n) is 4.65. The zero-order valence-electron chi connectivity index (χ0n) is 8.44. The summed E-state index contributed by atoms with van der Waals surface area (Å²) in [6.45, 7) is 1.75. The van der Waals surface area contributed by atoms with Crippen LogP contribution in [0.5, 0.6) is 0 Å². The molecule has 0 spiro atoms. The number of amides is 1. The smallest absolute Gasteiger partial charge is 0.255 e. The van der Waals surface area contributed by atoms with Crippen LogP contribution in [0.4, 0.5) is 5.82 Å². The molecule has 90 valence electrons. The summed E-state index contributed by atoms with van der Waals surface area (Å²) in [6, 6.07) is 0.203. The maximum atomic E-state index is 11.1. The van der Waals surface area contributed by atoms with Crippen molar-refractivity contribution < 1.29 is 4.79 Å². The zero-order chi connectivity index (χ0) is 11.0. The number of aromatic nitrogens is 2. The fourth-order valence-corrected chi connectivity index (χ4v) is 2.34. The van der Waals surface area contributed by atoms with Gasteiger partial charge in [-0.15, -0.1) is 12.4 Å². The third kappa shape index (κ3) is 2.16. The van der Waals surface area contributed by atoms with Crippen molar-refractivity contribution in [3.8, 4) is 0 Å². The van der Waals surface area contributed by atoms with Crippen LogP contribution in [0.1, 0.15) is 22.8 Å². The fourth-order valence-electron chi connectivity index (χ4n) is 1.77. The van der Waals surface area contributed by atoms with Gasteiger partial charge in [-0.05, 0) is 28.9 Å². The molecule has 1 atom stereocenters. The standard InChI is InChI=1S/C8H12BrN5O.ClH/c9-6-5(8(11)15)7(10)14(13-6)4-1-2-12-3-4;/h4,12H,1-3,10H2,(H2,11,15);1H. The molecule has 0 saturated carbocycles. The number of carbonyl (C=O) groups is 1. The summed E-state index contributed by atoms with van der Waals surface area (Å²) in [5.74, 6) is -0.223. The molecule has 2 rings (SSSR count). The van der Waals surface area contributed by atoms with Crippen LogP contribution in [-0.4, -0.2) is 28.8 Å². The third-order valence-corrected chi connectivity index (χ3v) is 3.09. The van der Waals surface area contributed by atoms with E-state index >= 15 is 0 Å². The van der Waals surface area contributed by atoms with E-state index in [1.807, 2.05) is 0 Å². The lowest BCUT2D eigenvalue weighted by atomic mass is 10.2. The van der Waals surface area contributed by atoms with Crippen LogP contribution >= 0.6 is 28.3 Å². The van der Waals surface area contributed by atoms with E-state index in [0.29, 0.717) is 10.4 Å². The van der Waals surface area contributed by atoms with Gasteiger partial charge in [-0.2, -0.15) is 5.10 Å². The molecule has 1 unspecified atom stereocenters. The van der Waals surface area contributed by atoms with Gasteiger partial charge in [0.1, 0.15) is 16.0 Å². The number of hydrogen-bond donors (Lipinski definition) is 3. The van der Waals surface area contributed by atoms with Gasteiger partial charge < -0.3 is 16.8 Å². The minimum absolute atomic E-state index is 0. The Morgan fingerprint density at radius 1 is 1.62 bits per heavy atom. The number of hydrogen-bond acceptors (Lipinski definition) is 4. The van der Waals surface area contributed by atoms with E-state index in [1.54, 1.807) is 4.68 Å². The Labute approximate surface area is 107 Å². The normalized spacial score (nSPS) is 19.4. The van der Waals surface area contributed by atoms with Crippen LogP contribution in [-0.2, 0) is 0 Å². The second-order valence-corrected chi connectivity index (χ2v) is 4.26. The summed E-state index contributed by atoms with van der Waals surface area (Å²) < 4.78 is 2.07. The van der Waals surface area contributed by atoms with Crippen molar-refractivity contribution in [1.29, 1.82) is 0 Å². The number of nitrogens with zero attached hydrogens (tertiary/aromatic N) is 2. The monoisotopic (exact) mass is 309 g/mol. The molecule has 1 amide bonds. The Morgan fingerprint density at radius 3 is 2.75 bits per heavy atom. The van der Waals surface area contributed by atoms with E-state index in [0.717, 1.165) is 19.5 Å². The second-order valence-electron chi connectivity index (χ2n) is 3.51. The van der Waals surface area contributed by atoms with Gasteiger partial charge >= 0.3 is 0 Å². The average Bonchev–Trinajstić information content (AvgIpc) is 2.72. The Morgan fingerprint density at radius 2 is 2.31 bits per heavy atom. The molecule has 16 heavy (non-hydrogen) atoms. The highest BCUT2D eigenvalue weighted by Gasteiger charge is 2.25. The topological polar surface area (TPSA) is 99.0 Å². The maximum Gasteiger partial charge on any atom is 0.255 e. The molecule has 0 aromatic carbocycles. The van der Waals surface area contributed by atoms with Crippen molar-refractivity contribution in [3.05, 3.63) is 10.2 Å². The first-order chi connectivity index (χ1) is 7.11. The van der Waals surface area contributed by atoms with Gasteiger partial charge in [0.15, 0.2) is 0 Å². The SMILES string of the molecule is Cl.NC(=O)c1c(Br)nn(C2CCNC2)c1N. The first kappa shape index (κ1) is 13.3. The van der Waals surface area contributed by atoms with Gasteiger partial charge in [0.2, 0.25) is 0 Å². The number of nitrogens with two attached hydrogens (primary N) is 2. The largest absolute Gasteiger partial charge is 0.383 e. The van der Waals surface area contributed by atoms with Gasteiger partial charge in [-0.25, -0.2) is 4.68 Å². The molecular weight excluding hydrogens is 297 g/mol. The van der Waals surface area contributed by atoms with Crippen molar-refractivity contribution in [2.45, 2.75) is 12.5 Å². The van der Waals surface area contributed by atoms with Gasteiger partial charge in [0.25, 0.3) is 5.91 Å². The van der Waals surface area contributed by atoms with E-state index in [4.69, 9.17) is 11.5 Å². The van der Waals surface area contributed by atoms with Crippen molar-refractivity contribution in [3.63, 3.8) is 0 Å². The molecule has 5 N–H and O–H groups in total. The highest BCUT2D eigenvalue weighted by atomic mass is 79.9. The summed E-state index contributed by atoms with van der Waals surface area (Å²) >= 11 is 3.18. The van der Waals surface area contributed by atoms with Crippen LogP contribution in [0.25, 0.3) is 0 Å². The number of nitrogens with one attached hydrogen (secondary N) is 1. The lowest BCUT2D eigenvalue weighted by Gasteiger charge is -2.10. The van der Waals surface area contributed by atoms with Crippen LogP contribution in [0.3, 0.4) is 0 Å². The minimum atomic E-state index is -0.559.